The minimum Gasteiger partial charge on any atom is -0.398 e. The predicted molar refractivity (Wildman–Crippen MR) is 131 cm³/mol. The molecule has 0 N–H and O–H groups in total. The van der Waals surface area contributed by atoms with Crippen LogP contribution in [0, 0.1) is 11.8 Å². The topological polar surface area (TPSA) is 18.5 Å². The second kappa shape index (κ2) is 9.15. The van der Waals surface area contributed by atoms with Gasteiger partial charge in [-0.1, -0.05) is 95.4 Å². The van der Waals surface area contributed by atoms with E-state index in [4.69, 9.17) is 8.85 Å². The van der Waals surface area contributed by atoms with E-state index in [1.165, 1.54) is 0 Å². The van der Waals surface area contributed by atoms with Crippen LogP contribution in [-0.2, 0) is 8.85 Å². The third-order valence-electron chi connectivity index (χ3n) is 7.32. The van der Waals surface area contributed by atoms with Crippen molar-refractivity contribution >= 4 is 24.7 Å². The van der Waals surface area contributed by atoms with Crippen molar-refractivity contribution in [2.75, 3.05) is 7.11 Å². The molecule has 0 unspecified atom stereocenters. The summed E-state index contributed by atoms with van der Waals surface area (Å²) in [5.74, 6) is 1.21. The van der Waals surface area contributed by atoms with Gasteiger partial charge >= 0.3 is 8.56 Å². The Labute approximate surface area is 175 Å². The van der Waals surface area contributed by atoms with Crippen LogP contribution in [0.3, 0.4) is 0 Å². The van der Waals surface area contributed by atoms with Crippen molar-refractivity contribution in [3.8, 4) is 0 Å². The first-order chi connectivity index (χ1) is 11.7. The summed E-state index contributed by atoms with van der Waals surface area (Å²) in [7, 11) is -3.77. The quantitative estimate of drug-likeness (QED) is 0.345. The highest BCUT2D eigenvalue weighted by Crippen LogP contribution is 2.49. The fraction of sp³-hybridized carbons (Fsp3) is 1.00. The van der Waals surface area contributed by atoms with E-state index < -0.39 is 24.7 Å². The Morgan fingerprint density at radius 3 is 1.15 bits per heavy atom. The van der Waals surface area contributed by atoms with Gasteiger partial charge in [0, 0.05) is 12.5 Å². The van der Waals surface area contributed by atoms with Gasteiger partial charge in [0.25, 0.3) is 0 Å². The van der Waals surface area contributed by atoms with Crippen LogP contribution < -0.4 is 0 Å². The third kappa shape index (κ3) is 6.80. The molecule has 0 aliphatic heterocycles. The van der Waals surface area contributed by atoms with Gasteiger partial charge in [0.15, 0.2) is 0 Å². The summed E-state index contributed by atoms with van der Waals surface area (Å²) in [5.41, 5.74) is 0. The van der Waals surface area contributed by atoms with E-state index in [-0.39, 0.29) is 0 Å². The standard InChI is InChI=1S/C22H52O2Si3/c1-18(2)16-27(23-11,17-19(3)4)24-20(25(12,13)21(5,6)7)26(14,15)22(8,9)10/h18-20H,16-17H2,1-15H3. The maximum Gasteiger partial charge on any atom is 0.338 e. The van der Waals surface area contributed by atoms with Gasteiger partial charge in [-0.05, 0) is 34.0 Å². The Morgan fingerprint density at radius 2 is 0.963 bits per heavy atom. The Bertz CT molecular complexity index is 421. The highest BCUT2D eigenvalue weighted by Gasteiger charge is 2.57. The van der Waals surface area contributed by atoms with Crippen LogP contribution in [0.4, 0.5) is 0 Å². The van der Waals surface area contributed by atoms with Crippen molar-refractivity contribution in [1.82, 2.24) is 0 Å². The molecule has 0 saturated carbocycles. The fourth-order valence-electron chi connectivity index (χ4n) is 3.84. The highest BCUT2D eigenvalue weighted by atomic mass is 28.4. The monoisotopic (exact) mass is 432 g/mol. The van der Waals surface area contributed by atoms with Gasteiger partial charge < -0.3 is 8.85 Å². The largest absolute Gasteiger partial charge is 0.398 e. The summed E-state index contributed by atoms with van der Waals surface area (Å²) in [6, 6.07) is 2.20. The number of rotatable bonds is 9. The minimum atomic E-state index is -2.27. The van der Waals surface area contributed by atoms with Gasteiger partial charge in [0.1, 0.15) is 0 Å². The van der Waals surface area contributed by atoms with Crippen LogP contribution in [0.1, 0.15) is 69.2 Å². The first-order valence-corrected chi connectivity index (χ1v) is 19.3. The van der Waals surface area contributed by atoms with Crippen LogP contribution in [0.25, 0.3) is 0 Å². The van der Waals surface area contributed by atoms with Gasteiger partial charge in [-0.3, -0.25) is 0 Å². The molecule has 164 valence electrons. The molecule has 0 fully saturated rings. The summed E-state index contributed by atoms with van der Waals surface area (Å²) >= 11 is 0. The summed E-state index contributed by atoms with van der Waals surface area (Å²) < 4.78 is 13.8. The molecule has 0 rings (SSSR count). The van der Waals surface area contributed by atoms with Gasteiger partial charge in [0.2, 0.25) is 0 Å². The summed E-state index contributed by atoms with van der Waals surface area (Å²) in [5, 5.41) is 1.00. The van der Waals surface area contributed by atoms with Crippen LogP contribution in [0.2, 0.25) is 48.4 Å². The van der Waals surface area contributed by atoms with Crippen LogP contribution in [0.15, 0.2) is 0 Å². The van der Waals surface area contributed by atoms with E-state index in [1.807, 2.05) is 7.11 Å². The molecular weight excluding hydrogens is 380 g/mol. The smallest absolute Gasteiger partial charge is 0.338 e. The van der Waals surface area contributed by atoms with E-state index in [0.29, 0.717) is 27.3 Å². The van der Waals surface area contributed by atoms with Crippen molar-refractivity contribution in [3.63, 3.8) is 0 Å². The average Bonchev–Trinajstić information content (AvgIpc) is 2.40. The molecule has 0 bridgehead atoms. The number of hydrogen-bond acceptors (Lipinski definition) is 2. The third-order valence-corrected chi connectivity index (χ3v) is 27.0. The molecule has 0 aromatic rings. The molecule has 0 aromatic carbocycles. The van der Waals surface area contributed by atoms with Gasteiger partial charge in [-0.2, -0.15) is 0 Å². The molecule has 0 aliphatic carbocycles. The lowest BCUT2D eigenvalue weighted by molar-refractivity contribution is 0.190. The molecule has 0 atom stereocenters. The lowest BCUT2D eigenvalue weighted by atomic mass is 10.2. The van der Waals surface area contributed by atoms with Crippen molar-refractivity contribution in [3.05, 3.63) is 0 Å². The summed E-state index contributed by atoms with van der Waals surface area (Å²) in [6.45, 7) is 34.1. The zero-order valence-corrected chi connectivity index (χ0v) is 24.5. The first-order valence-electron chi connectivity index (χ1n) is 11.0. The normalized spacial score (nSPS) is 15.3. The van der Waals surface area contributed by atoms with Crippen LogP contribution >= 0.6 is 0 Å². The van der Waals surface area contributed by atoms with E-state index in [9.17, 15) is 0 Å². The molecule has 0 radical (unpaired) electrons. The second-order valence-corrected chi connectivity index (χ2v) is 27.5. The lowest BCUT2D eigenvalue weighted by Crippen LogP contribution is -2.68. The highest BCUT2D eigenvalue weighted by molar-refractivity contribution is 7.00. The minimum absolute atomic E-state index is 0.302. The maximum atomic E-state index is 7.43. The second-order valence-electron chi connectivity index (χ2n) is 12.8. The Kier molecular flexibility index (Phi) is 9.35. The molecule has 0 spiro atoms. The molecule has 0 aromatic heterocycles. The molecule has 0 amide bonds. The summed E-state index contributed by atoms with van der Waals surface area (Å²) in [4.78, 5) is 0. The molecule has 0 aliphatic rings. The molecular formula is C22H52O2Si3. The van der Waals surface area contributed by atoms with Crippen molar-refractivity contribution in [1.29, 1.82) is 0 Å². The SMILES string of the molecule is CO[Si](CC(C)C)(CC(C)C)OC([Si](C)(C)C(C)(C)C)[Si](C)(C)C(C)(C)C. The number of hydrogen-bond donors (Lipinski definition) is 0. The zero-order chi connectivity index (χ0) is 22.1. The van der Waals surface area contributed by atoms with Gasteiger partial charge in [-0.25, -0.2) is 0 Å². The molecule has 2 nitrogen and oxygen atoms in total. The lowest BCUT2D eigenvalue weighted by Gasteiger charge is -2.55. The molecule has 0 saturated heterocycles. The van der Waals surface area contributed by atoms with Gasteiger partial charge in [-0.15, -0.1) is 0 Å². The molecule has 5 heteroatoms. The van der Waals surface area contributed by atoms with E-state index in [1.54, 1.807) is 0 Å². The van der Waals surface area contributed by atoms with Crippen LogP contribution in [0.5, 0.6) is 0 Å². The Morgan fingerprint density at radius 1 is 0.667 bits per heavy atom. The fourth-order valence-corrected chi connectivity index (χ4v) is 22.6. The van der Waals surface area contributed by atoms with E-state index in [2.05, 4.69) is 95.4 Å². The Hall–Kier alpha value is 0.571. The first kappa shape index (κ1) is 27.6. The summed E-state index contributed by atoms with van der Waals surface area (Å²) in [6.07, 6.45) is 0. The van der Waals surface area contributed by atoms with Crippen molar-refractivity contribution < 1.29 is 8.85 Å². The zero-order valence-electron chi connectivity index (χ0n) is 21.5. The molecule has 0 heterocycles. The van der Waals surface area contributed by atoms with Crippen molar-refractivity contribution in [2.24, 2.45) is 11.8 Å². The molecule has 27 heavy (non-hydrogen) atoms. The predicted octanol–water partition coefficient (Wildman–Crippen LogP) is 7.87. The van der Waals surface area contributed by atoms with Crippen LogP contribution in [-0.4, -0.2) is 37.2 Å². The van der Waals surface area contributed by atoms with Crippen molar-refractivity contribution in [2.45, 2.75) is 123 Å². The van der Waals surface area contributed by atoms with E-state index >= 15 is 0 Å². The maximum absolute atomic E-state index is 7.43. The van der Waals surface area contributed by atoms with Gasteiger partial charge in [0.05, 0.1) is 16.1 Å². The Balaban J connectivity index is 6.43. The average molecular weight is 433 g/mol. The van der Waals surface area contributed by atoms with E-state index in [0.717, 1.165) is 12.1 Å².